The summed E-state index contributed by atoms with van der Waals surface area (Å²) in [5.41, 5.74) is 6.46. The number of ether oxygens (including phenoxy) is 1. The Bertz CT molecular complexity index is 224. The van der Waals surface area contributed by atoms with Crippen LogP contribution < -0.4 is 5.73 Å². The van der Waals surface area contributed by atoms with Gasteiger partial charge >= 0.3 is 0 Å². The zero-order valence-corrected chi connectivity index (χ0v) is 11.8. The Balaban J connectivity index is 2.62. The molecule has 1 fully saturated rings. The van der Waals surface area contributed by atoms with Gasteiger partial charge in [-0.3, -0.25) is 0 Å². The molecule has 0 aliphatic heterocycles. The van der Waals surface area contributed by atoms with Crippen molar-refractivity contribution in [3.63, 3.8) is 0 Å². The molecule has 2 heteroatoms. The van der Waals surface area contributed by atoms with Crippen LogP contribution in [0.25, 0.3) is 0 Å². The Labute approximate surface area is 101 Å². The maximum Gasteiger partial charge on any atom is 0.0735 e. The third-order valence-electron chi connectivity index (χ3n) is 3.57. The molecule has 3 atom stereocenters. The van der Waals surface area contributed by atoms with Crippen LogP contribution in [0.15, 0.2) is 0 Å². The van der Waals surface area contributed by atoms with E-state index in [1.54, 1.807) is 0 Å². The van der Waals surface area contributed by atoms with E-state index < -0.39 is 0 Å². The highest BCUT2D eigenvalue weighted by atomic mass is 16.5. The molecule has 0 aromatic rings. The van der Waals surface area contributed by atoms with E-state index in [2.05, 4.69) is 41.5 Å². The van der Waals surface area contributed by atoms with Gasteiger partial charge in [0.1, 0.15) is 0 Å². The van der Waals surface area contributed by atoms with Crippen molar-refractivity contribution in [2.75, 3.05) is 0 Å². The van der Waals surface area contributed by atoms with E-state index in [1.807, 2.05) is 0 Å². The molecule has 0 heterocycles. The van der Waals surface area contributed by atoms with E-state index in [9.17, 15) is 0 Å². The second-order valence-electron chi connectivity index (χ2n) is 7.31. The van der Waals surface area contributed by atoms with Gasteiger partial charge in [-0.05, 0) is 51.4 Å². The minimum atomic E-state index is -0.0813. The summed E-state index contributed by atoms with van der Waals surface area (Å²) in [5, 5.41) is 0. The number of rotatable bonds is 1. The molecule has 1 saturated carbocycles. The molecule has 1 aliphatic carbocycles. The second kappa shape index (κ2) is 4.66. The fourth-order valence-corrected chi connectivity index (χ4v) is 2.53. The van der Waals surface area contributed by atoms with Crippen molar-refractivity contribution in [2.24, 2.45) is 17.1 Å². The van der Waals surface area contributed by atoms with Gasteiger partial charge in [0.15, 0.2) is 0 Å². The van der Waals surface area contributed by atoms with Crippen molar-refractivity contribution in [1.82, 2.24) is 0 Å². The summed E-state index contributed by atoms with van der Waals surface area (Å²) in [5.74, 6) is 0.736. The summed E-state index contributed by atoms with van der Waals surface area (Å²) in [6.07, 6.45) is 3.69. The Hall–Kier alpha value is -0.0800. The van der Waals surface area contributed by atoms with E-state index in [4.69, 9.17) is 10.5 Å². The van der Waals surface area contributed by atoms with Gasteiger partial charge in [0, 0.05) is 6.04 Å². The van der Waals surface area contributed by atoms with Crippen molar-refractivity contribution in [2.45, 2.75) is 78.6 Å². The quantitative estimate of drug-likeness (QED) is 0.745. The lowest BCUT2D eigenvalue weighted by Gasteiger charge is -2.42. The van der Waals surface area contributed by atoms with E-state index >= 15 is 0 Å². The normalized spacial score (nSPS) is 32.8. The molecule has 0 amide bonds. The Morgan fingerprint density at radius 3 is 2.00 bits per heavy atom. The zero-order valence-electron chi connectivity index (χ0n) is 11.8. The molecule has 1 aliphatic rings. The van der Waals surface area contributed by atoms with E-state index in [-0.39, 0.29) is 17.7 Å². The summed E-state index contributed by atoms with van der Waals surface area (Å²) in [6, 6.07) is 0.220. The third kappa shape index (κ3) is 4.06. The molecule has 0 saturated heterocycles. The van der Waals surface area contributed by atoms with Gasteiger partial charge in [-0.15, -0.1) is 0 Å². The molecule has 96 valence electrons. The lowest BCUT2D eigenvalue weighted by molar-refractivity contribution is -0.0979. The monoisotopic (exact) mass is 227 g/mol. The van der Waals surface area contributed by atoms with Crippen LogP contribution in [0.1, 0.15) is 60.8 Å². The summed E-state index contributed by atoms with van der Waals surface area (Å²) in [7, 11) is 0. The van der Waals surface area contributed by atoms with Gasteiger partial charge in [0.25, 0.3) is 0 Å². The highest BCUT2D eigenvalue weighted by Crippen LogP contribution is 2.39. The first-order valence-corrected chi connectivity index (χ1v) is 6.53. The fourth-order valence-electron chi connectivity index (χ4n) is 2.53. The van der Waals surface area contributed by atoms with Gasteiger partial charge in [0.2, 0.25) is 0 Å². The van der Waals surface area contributed by atoms with Gasteiger partial charge in [0.05, 0.1) is 11.7 Å². The number of hydrogen-bond acceptors (Lipinski definition) is 2. The van der Waals surface area contributed by atoms with Gasteiger partial charge in [-0.1, -0.05) is 20.8 Å². The van der Waals surface area contributed by atoms with Crippen LogP contribution >= 0.6 is 0 Å². The van der Waals surface area contributed by atoms with E-state index in [1.165, 1.54) is 6.42 Å². The van der Waals surface area contributed by atoms with Crippen LogP contribution in [0.3, 0.4) is 0 Å². The Morgan fingerprint density at radius 1 is 1.00 bits per heavy atom. The molecule has 0 bridgehead atoms. The van der Waals surface area contributed by atoms with Crippen LogP contribution in [-0.4, -0.2) is 17.7 Å². The highest BCUT2D eigenvalue weighted by Gasteiger charge is 2.36. The molecule has 16 heavy (non-hydrogen) atoms. The standard InChI is InChI=1S/C14H29NO/c1-13(2,3)10-7-8-11(15)12(9-10)16-14(4,5)6/h10-12H,7-9,15H2,1-6H3. The van der Waals surface area contributed by atoms with Crippen molar-refractivity contribution in [1.29, 1.82) is 0 Å². The van der Waals surface area contributed by atoms with E-state index in [0.29, 0.717) is 5.41 Å². The minimum absolute atomic E-state index is 0.0813. The molecule has 0 aromatic heterocycles. The average molecular weight is 227 g/mol. The number of nitrogens with two attached hydrogens (primary N) is 1. The number of hydrogen-bond donors (Lipinski definition) is 1. The fraction of sp³-hybridized carbons (Fsp3) is 1.00. The predicted octanol–water partition coefficient (Wildman–Crippen LogP) is 3.34. The molecule has 2 N–H and O–H groups in total. The van der Waals surface area contributed by atoms with E-state index in [0.717, 1.165) is 18.8 Å². The first-order chi connectivity index (χ1) is 7.09. The van der Waals surface area contributed by atoms with Crippen molar-refractivity contribution >= 4 is 0 Å². The lowest BCUT2D eigenvalue weighted by Crippen LogP contribution is -2.47. The van der Waals surface area contributed by atoms with Crippen LogP contribution in [0, 0.1) is 11.3 Å². The van der Waals surface area contributed by atoms with Gasteiger partial charge < -0.3 is 10.5 Å². The molecule has 2 nitrogen and oxygen atoms in total. The average Bonchev–Trinajstić information content (AvgIpc) is 2.04. The molecular formula is C14H29NO. The van der Waals surface area contributed by atoms with Crippen LogP contribution in [0.5, 0.6) is 0 Å². The summed E-state index contributed by atoms with van der Waals surface area (Å²) in [6.45, 7) is 13.3. The van der Waals surface area contributed by atoms with Crippen molar-refractivity contribution in [3.05, 3.63) is 0 Å². The first-order valence-electron chi connectivity index (χ1n) is 6.53. The van der Waals surface area contributed by atoms with Crippen LogP contribution in [0.2, 0.25) is 0 Å². The Morgan fingerprint density at radius 2 is 1.56 bits per heavy atom. The second-order valence-corrected chi connectivity index (χ2v) is 7.31. The van der Waals surface area contributed by atoms with Crippen LogP contribution in [-0.2, 0) is 4.74 Å². The molecule has 0 radical (unpaired) electrons. The minimum Gasteiger partial charge on any atom is -0.371 e. The lowest BCUT2D eigenvalue weighted by atomic mass is 9.70. The van der Waals surface area contributed by atoms with Crippen molar-refractivity contribution < 1.29 is 4.74 Å². The zero-order chi connectivity index (χ0) is 12.6. The third-order valence-corrected chi connectivity index (χ3v) is 3.57. The summed E-state index contributed by atoms with van der Waals surface area (Å²) >= 11 is 0. The molecule has 0 aromatic carbocycles. The predicted molar refractivity (Wildman–Crippen MR) is 69.4 cm³/mol. The Kier molecular flexibility index (Phi) is 4.07. The topological polar surface area (TPSA) is 35.2 Å². The van der Waals surface area contributed by atoms with Crippen LogP contribution in [0.4, 0.5) is 0 Å². The summed E-state index contributed by atoms with van der Waals surface area (Å²) < 4.78 is 6.09. The van der Waals surface area contributed by atoms with Gasteiger partial charge in [-0.25, -0.2) is 0 Å². The first kappa shape index (κ1) is 14.0. The highest BCUT2D eigenvalue weighted by molar-refractivity contribution is 4.89. The molecule has 0 spiro atoms. The molecular weight excluding hydrogens is 198 g/mol. The summed E-state index contributed by atoms with van der Waals surface area (Å²) in [4.78, 5) is 0. The molecule has 1 rings (SSSR count). The maximum atomic E-state index is 6.17. The largest absolute Gasteiger partial charge is 0.371 e. The smallest absolute Gasteiger partial charge is 0.0735 e. The van der Waals surface area contributed by atoms with Crippen molar-refractivity contribution in [3.8, 4) is 0 Å². The maximum absolute atomic E-state index is 6.17. The molecule has 3 unspecified atom stereocenters. The SMILES string of the molecule is CC(C)(C)OC1CC(C(C)(C)C)CCC1N. The van der Waals surface area contributed by atoms with Gasteiger partial charge in [-0.2, -0.15) is 0 Å².